The zero-order valence-electron chi connectivity index (χ0n) is 11.7. The highest BCUT2D eigenvalue weighted by atomic mass is 16.3. The fourth-order valence-corrected chi connectivity index (χ4v) is 1.81. The maximum absolute atomic E-state index is 10.1. The van der Waals surface area contributed by atoms with Gasteiger partial charge in [0.15, 0.2) is 0 Å². The van der Waals surface area contributed by atoms with Crippen molar-refractivity contribution in [2.75, 3.05) is 23.7 Å². The molecule has 1 aromatic rings. The molecule has 0 spiro atoms. The molecule has 0 amide bonds. The summed E-state index contributed by atoms with van der Waals surface area (Å²) in [5.41, 5.74) is 0.328. The van der Waals surface area contributed by atoms with E-state index in [-0.39, 0.29) is 0 Å². The highest BCUT2D eigenvalue weighted by molar-refractivity contribution is 5.51. The molecule has 0 radical (unpaired) electrons. The topological polar surface area (TPSA) is 57.2 Å². The Hall–Kier alpha value is -1.29. The molecule has 1 heterocycles. The molecule has 102 valence electrons. The van der Waals surface area contributed by atoms with Gasteiger partial charge in [0.05, 0.1) is 5.60 Å². The third-order valence-corrected chi connectivity index (χ3v) is 2.78. The highest BCUT2D eigenvalue weighted by Gasteiger charge is 2.18. The van der Waals surface area contributed by atoms with Gasteiger partial charge >= 0.3 is 0 Å². The number of hydrogen-bond donors (Lipinski definition) is 3. The van der Waals surface area contributed by atoms with E-state index in [0.29, 0.717) is 6.54 Å². The van der Waals surface area contributed by atoms with Crippen molar-refractivity contribution in [1.29, 1.82) is 0 Å². The summed E-state index contributed by atoms with van der Waals surface area (Å²) < 4.78 is 0. The van der Waals surface area contributed by atoms with E-state index in [1.165, 1.54) is 0 Å². The first-order valence-electron chi connectivity index (χ1n) is 6.73. The van der Waals surface area contributed by atoms with Crippen molar-refractivity contribution in [3.63, 3.8) is 0 Å². The summed E-state index contributed by atoms with van der Waals surface area (Å²) in [6, 6.07) is 3.89. The smallest absolute Gasteiger partial charge is 0.127 e. The van der Waals surface area contributed by atoms with E-state index in [1.807, 2.05) is 19.1 Å². The molecule has 3 N–H and O–H groups in total. The predicted octanol–water partition coefficient (Wildman–Crippen LogP) is 2.87. The number of hydrogen-bond acceptors (Lipinski definition) is 4. The van der Waals surface area contributed by atoms with E-state index in [1.54, 1.807) is 6.20 Å². The molecule has 0 saturated heterocycles. The Kier molecular flexibility index (Phi) is 5.92. The summed E-state index contributed by atoms with van der Waals surface area (Å²) in [4.78, 5) is 4.24. The number of aromatic nitrogens is 1. The lowest BCUT2D eigenvalue weighted by Gasteiger charge is -2.23. The molecule has 1 aromatic heterocycles. The molecule has 4 nitrogen and oxygen atoms in total. The molecular formula is C14H25N3O. The van der Waals surface area contributed by atoms with Gasteiger partial charge < -0.3 is 15.7 Å². The lowest BCUT2D eigenvalue weighted by atomic mass is 10.0. The van der Waals surface area contributed by atoms with Gasteiger partial charge in [-0.1, -0.05) is 20.3 Å². The molecule has 0 aromatic carbocycles. The van der Waals surface area contributed by atoms with Gasteiger partial charge in [0.1, 0.15) is 5.82 Å². The van der Waals surface area contributed by atoms with Crippen LogP contribution in [0, 0.1) is 0 Å². The first-order valence-corrected chi connectivity index (χ1v) is 6.73. The molecule has 0 aliphatic rings. The fraction of sp³-hybridized carbons (Fsp3) is 0.643. The minimum Gasteiger partial charge on any atom is -0.388 e. The zero-order valence-corrected chi connectivity index (χ0v) is 11.7. The van der Waals surface area contributed by atoms with E-state index in [2.05, 4.69) is 29.5 Å². The van der Waals surface area contributed by atoms with Crippen LogP contribution < -0.4 is 10.6 Å². The standard InChI is InChI=1S/C14H25N3O/c1-4-7-14(3,18)11-17-12-6-9-16-13(10-12)15-8-5-2/h6,9-10,18H,4-5,7-8,11H2,1-3H3,(H2,15,16,17). The third kappa shape index (κ3) is 5.36. The number of rotatable bonds is 8. The molecule has 1 rings (SSSR count). The van der Waals surface area contributed by atoms with Gasteiger partial charge in [-0.25, -0.2) is 4.98 Å². The van der Waals surface area contributed by atoms with Crippen molar-refractivity contribution in [2.24, 2.45) is 0 Å². The summed E-state index contributed by atoms with van der Waals surface area (Å²) in [6.45, 7) is 7.54. The number of pyridine rings is 1. The van der Waals surface area contributed by atoms with Gasteiger partial charge in [-0.3, -0.25) is 0 Å². The Bertz CT molecular complexity index is 353. The summed E-state index contributed by atoms with van der Waals surface area (Å²) in [6.07, 6.45) is 4.62. The maximum Gasteiger partial charge on any atom is 0.127 e. The Morgan fingerprint density at radius 3 is 2.72 bits per heavy atom. The maximum atomic E-state index is 10.1. The van der Waals surface area contributed by atoms with Crippen LogP contribution in [0.4, 0.5) is 11.5 Å². The van der Waals surface area contributed by atoms with Crippen LogP contribution in [0.15, 0.2) is 18.3 Å². The van der Waals surface area contributed by atoms with Crippen molar-refractivity contribution in [3.05, 3.63) is 18.3 Å². The lowest BCUT2D eigenvalue weighted by Crippen LogP contribution is -2.33. The molecular weight excluding hydrogens is 226 g/mol. The van der Waals surface area contributed by atoms with Gasteiger partial charge in [0.25, 0.3) is 0 Å². The van der Waals surface area contributed by atoms with Gasteiger partial charge in [0, 0.05) is 31.0 Å². The molecule has 0 saturated carbocycles. The molecule has 0 aliphatic carbocycles. The number of nitrogens with zero attached hydrogens (tertiary/aromatic N) is 1. The van der Waals surface area contributed by atoms with Crippen molar-refractivity contribution < 1.29 is 5.11 Å². The second-order valence-electron chi connectivity index (χ2n) is 4.96. The van der Waals surface area contributed by atoms with Crippen LogP contribution in [0.5, 0.6) is 0 Å². The Morgan fingerprint density at radius 2 is 2.06 bits per heavy atom. The van der Waals surface area contributed by atoms with E-state index in [4.69, 9.17) is 0 Å². The monoisotopic (exact) mass is 251 g/mol. The predicted molar refractivity (Wildman–Crippen MR) is 77.0 cm³/mol. The molecule has 4 heteroatoms. The van der Waals surface area contributed by atoms with Crippen LogP contribution in [0.2, 0.25) is 0 Å². The summed E-state index contributed by atoms with van der Waals surface area (Å²) >= 11 is 0. The van der Waals surface area contributed by atoms with Gasteiger partial charge in [-0.05, 0) is 25.8 Å². The number of nitrogens with one attached hydrogen (secondary N) is 2. The molecule has 1 unspecified atom stereocenters. The van der Waals surface area contributed by atoms with E-state index in [0.717, 1.165) is 37.3 Å². The molecule has 0 fully saturated rings. The summed E-state index contributed by atoms with van der Waals surface area (Å²) in [7, 11) is 0. The first kappa shape index (κ1) is 14.8. The minimum absolute atomic E-state index is 0.554. The Labute approximate surface area is 110 Å². The lowest BCUT2D eigenvalue weighted by molar-refractivity contribution is 0.0637. The van der Waals surface area contributed by atoms with Crippen molar-refractivity contribution >= 4 is 11.5 Å². The SMILES string of the molecule is CCCNc1cc(NCC(C)(O)CCC)ccn1. The van der Waals surface area contributed by atoms with E-state index in [9.17, 15) is 5.11 Å². The first-order chi connectivity index (χ1) is 8.57. The average molecular weight is 251 g/mol. The normalized spacial score (nSPS) is 14.0. The molecule has 1 atom stereocenters. The van der Waals surface area contributed by atoms with Crippen LogP contribution in [-0.2, 0) is 0 Å². The summed E-state index contributed by atoms with van der Waals surface area (Å²) in [5.74, 6) is 0.872. The quantitative estimate of drug-likeness (QED) is 0.665. The molecule has 18 heavy (non-hydrogen) atoms. The molecule has 0 aliphatic heterocycles. The Balaban J connectivity index is 2.51. The van der Waals surface area contributed by atoms with E-state index < -0.39 is 5.60 Å². The zero-order chi connectivity index (χ0) is 13.4. The largest absolute Gasteiger partial charge is 0.388 e. The number of anilines is 2. The van der Waals surface area contributed by atoms with Gasteiger partial charge in [-0.15, -0.1) is 0 Å². The van der Waals surface area contributed by atoms with Crippen molar-refractivity contribution in [3.8, 4) is 0 Å². The van der Waals surface area contributed by atoms with E-state index >= 15 is 0 Å². The second kappa shape index (κ2) is 7.21. The minimum atomic E-state index is -0.658. The Morgan fingerprint density at radius 1 is 1.28 bits per heavy atom. The summed E-state index contributed by atoms with van der Waals surface area (Å²) in [5, 5.41) is 16.6. The fourth-order valence-electron chi connectivity index (χ4n) is 1.81. The van der Waals surface area contributed by atoms with Gasteiger partial charge in [0.2, 0.25) is 0 Å². The van der Waals surface area contributed by atoms with Gasteiger partial charge in [-0.2, -0.15) is 0 Å². The second-order valence-corrected chi connectivity index (χ2v) is 4.96. The van der Waals surface area contributed by atoms with Crippen molar-refractivity contribution in [1.82, 2.24) is 4.98 Å². The van der Waals surface area contributed by atoms with Crippen molar-refractivity contribution in [2.45, 2.75) is 45.6 Å². The van der Waals surface area contributed by atoms with Crippen LogP contribution in [0.1, 0.15) is 40.0 Å². The van der Waals surface area contributed by atoms with Crippen LogP contribution >= 0.6 is 0 Å². The average Bonchev–Trinajstić information content (AvgIpc) is 2.35. The number of aliphatic hydroxyl groups is 1. The van der Waals surface area contributed by atoms with Crippen LogP contribution in [0.3, 0.4) is 0 Å². The highest BCUT2D eigenvalue weighted by Crippen LogP contribution is 2.16. The van der Waals surface area contributed by atoms with Crippen LogP contribution in [-0.4, -0.2) is 28.8 Å². The molecule has 0 bridgehead atoms. The van der Waals surface area contributed by atoms with Crippen LogP contribution in [0.25, 0.3) is 0 Å². The third-order valence-electron chi connectivity index (χ3n) is 2.78.